The van der Waals surface area contributed by atoms with Gasteiger partial charge in [0.15, 0.2) is 0 Å². The number of fused-ring (bicyclic) bond motifs is 1. The van der Waals surface area contributed by atoms with Gasteiger partial charge in [0.2, 0.25) is 0 Å². The van der Waals surface area contributed by atoms with E-state index in [-0.39, 0.29) is 0 Å². The molecule has 0 amide bonds. The molecule has 2 atom stereocenters. The minimum atomic E-state index is 0.551. The highest BCUT2D eigenvalue weighted by Crippen LogP contribution is 2.65. The second kappa shape index (κ2) is 2.48. The molecule has 1 spiro atoms. The summed E-state index contributed by atoms with van der Waals surface area (Å²) in [6.45, 7) is 4.32. The Balaban J connectivity index is 1.88. The van der Waals surface area contributed by atoms with E-state index in [0.717, 1.165) is 11.8 Å². The van der Waals surface area contributed by atoms with Crippen LogP contribution in [0.2, 0.25) is 0 Å². The summed E-state index contributed by atoms with van der Waals surface area (Å²) in [5, 5.41) is 0. The Kier molecular flexibility index (Phi) is 1.39. The first kappa shape index (κ1) is 8.38. The minimum Gasteiger partial charge on any atom is -0.0955 e. The van der Waals surface area contributed by atoms with E-state index in [0.29, 0.717) is 5.41 Å². The van der Waals surface area contributed by atoms with Crippen molar-refractivity contribution in [2.45, 2.75) is 38.5 Å². The van der Waals surface area contributed by atoms with E-state index in [4.69, 9.17) is 0 Å². The first-order valence-electron chi connectivity index (χ1n) is 6.41. The molecule has 2 saturated carbocycles. The molecule has 0 nitrogen and oxygen atoms in total. The number of rotatable bonds is 0. The molecule has 4 aliphatic rings. The molecule has 0 aromatic carbocycles. The Hall–Kier alpha value is -0.780. The van der Waals surface area contributed by atoms with Gasteiger partial charge >= 0.3 is 0 Å². The van der Waals surface area contributed by atoms with Crippen LogP contribution < -0.4 is 0 Å². The maximum atomic E-state index is 4.32. The fourth-order valence-corrected chi connectivity index (χ4v) is 4.78. The van der Waals surface area contributed by atoms with E-state index in [1.165, 1.54) is 44.1 Å². The molecule has 0 aromatic heterocycles. The van der Waals surface area contributed by atoms with Crippen molar-refractivity contribution in [2.24, 2.45) is 17.3 Å². The van der Waals surface area contributed by atoms with E-state index < -0.39 is 0 Å². The van der Waals surface area contributed by atoms with Crippen LogP contribution in [0.25, 0.3) is 0 Å². The molecular formula is C15H18. The predicted octanol–water partition coefficient (Wildman–Crippen LogP) is 4.01. The van der Waals surface area contributed by atoms with Crippen molar-refractivity contribution in [2.75, 3.05) is 0 Å². The van der Waals surface area contributed by atoms with Crippen molar-refractivity contribution < 1.29 is 0 Å². The van der Waals surface area contributed by atoms with Gasteiger partial charge in [0.05, 0.1) is 0 Å². The lowest BCUT2D eigenvalue weighted by Crippen LogP contribution is -2.24. The molecule has 78 valence electrons. The van der Waals surface area contributed by atoms with E-state index in [2.05, 4.69) is 18.7 Å². The molecule has 0 heteroatoms. The van der Waals surface area contributed by atoms with Crippen molar-refractivity contribution in [3.8, 4) is 0 Å². The Bertz CT molecular complexity index is 402. The van der Waals surface area contributed by atoms with E-state index in [1.807, 2.05) is 0 Å². The zero-order valence-corrected chi connectivity index (χ0v) is 9.26. The highest BCUT2D eigenvalue weighted by molar-refractivity contribution is 5.50. The molecule has 0 aliphatic heterocycles. The summed E-state index contributed by atoms with van der Waals surface area (Å²) >= 11 is 0. The van der Waals surface area contributed by atoms with Crippen molar-refractivity contribution in [1.82, 2.24) is 0 Å². The lowest BCUT2D eigenvalue weighted by molar-refractivity contribution is 0.275. The molecule has 2 fully saturated rings. The summed E-state index contributed by atoms with van der Waals surface area (Å²) in [5.74, 6) is 1.60. The van der Waals surface area contributed by atoms with Crippen LogP contribution in [-0.4, -0.2) is 0 Å². The molecule has 0 N–H and O–H groups in total. The summed E-state index contributed by atoms with van der Waals surface area (Å²) in [6, 6.07) is 0. The third kappa shape index (κ3) is 0.851. The van der Waals surface area contributed by atoms with Crippen molar-refractivity contribution >= 4 is 0 Å². The highest BCUT2D eigenvalue weighted by Gasteiger charge is 2.54. The Labute approximate surface area is 91.8 Å². The Morgan fingerprint density at radius 1 is 1.13 bits per heavy atom. The van der Waals surface area contributed by atoms with Crippen molar-refractivity contribution in [3.63, 3.8) is 0 Å². The number of hydrogen-bond donors (Lipinski definition) is 0. The zero-order chi connectivity index (χ0) is 10.0. The second-order valence-corrected chi connectivity index (χ2v) is 5.91. The van der Waals surface area contributed by atoms with Crippen molar-refractivity contribution in [1.29, 1.82) is 0 Å². The fraction of sp³-hybridized carbons (Fsp3) is 0.600. The van der Waals surface area contributed by atoms with Gasteiger partial charge in [0.25, 0.3) is 0 Å². The quantitative estimate of drug-likeness (QED) is 0.516. The topological polar surface area (TPSA) is 0 Å². The van der Waals surface area contributed by atoms with Gasteiger partial charge in [0.1, 0.15) is 0 Å². The largest absolute Gasteiger partial charge is 0.0955 e. The number of allylic oxidation sites excluding steroid dienone is 5. The zero-order valence-electron chi connectivity index (χ0n) is 9.26. The lowest BCUT2D eigenvalue weighted by Gasteiger charge is -2.31. The predicted molar refractivity (Wildman–Crippen MR) is 62.4 cm³/mol. The standard InChI is InChI=1S/C15H18/c1-10-8-11-4-5-12-9-15(6-2-3-7-15)14(10)13(11)12/h8-9,13-14H,1-7H2/t13-,14-/m0/s1. The van der Waals surface area contributed by atoms with Crippen LogP contribution in [0.4, 0.5) is 0 Å². The SMILES string of the molecule is C=C1C=C2CCC3=CC4(CCCC4)[C@@H]1[C@@H]23. The van der Waals surface area contributed by atoms with Crippen LogP contribution in [0, 0.1) is 17.3 Å². The summed E-state index contributed by atoms with van der Waals surface area (Å²) in [5.41, 5.74) is 5.48. The molecular weight excluding hydrogens is 180 g/mol. The normalized spacial score (nSPS) is 39.9. The Morgan fingerprint density at radius 2 is 1.87 bits per heavy atom. The van der Waals surface area contributed by atoms with E-state index in [1.54, 1.807) is 11.1 Å². The molecule has 0 bridgehead atoms. The monoisotopic (exact) mass is 198 g/mol. The van der Waals surface area contributed by atoms with Gasteiger partial charge in [-0.1, -0.05) is 48.3 Å². The molecule has 15 heavy (non-hydrogen) atoms. The lowest BCUT2D eigenvalue weighted by atomic mass is 9.72. The average Bonchev–Trinajstić information content (AvgIpc) is 2.88. The van der Waals surface area contributed by atoms with Gasteiger partial charge in [-0.3, -0.25) is 0 Å². The average molecular weight is 198 g/mol. The third-order valence-electron chi connectivity index (χ3n) is 5.23. The summed E-state index contributed by atoms with van der Waals surface area (Å²) in [4.78, 5) is 0. The van der Waals surface area contributed by atoms with Crippen LogP contribution in [0.5, 0.6) is 0 Å². The first-order chi connectivity index (χ1) is 7.30. The van der Waals surface area contributed by atoms with Gasteiger partial charge in [-0.05, 0) is 31.1 Å². The maximum absolute atomic E-state index is 4.32. The second-order valence-electron chi connectivity index (χ2n) is 5.91. The minimum absolute atomic E-state index is 0.551. The summed E-state index contributed by atoms with van der Waals surface area (Å²) < 4.78 is 0. The smallest absolute Gasteiger partial charge is 0.00875 e. The summed E-state index contributed by atoms with van der Waals surface area (Å²) in [6.07, 6.45) is 13.5. The Morgan fingerprint density at radius 3 is 2.67 bits per heavy atom. The van der Waals surface area contributed by atoms with Crippen LogP contribution in [0.1, 0.15) is 38.5 Å². The van der Waals surface area contributed by atoms with Crippen LogP contribution in [0.3, 0.4) is 0 Å². The van der Waals surface area contributed by atoms with Crippen LogP contribution in [-0.2, 0) is 0 Å². The molecule has 0 saturated heterocycles. The van der Waals surface area contributed by atoms with Crippen LogP contribution >= 0.6 is 0 Å². The van der Waals surface area contributed by atoms with Gasteiger partial charge in [0, 0.05) is 11.8 Å². The van der Waals surface area contributed by atoms with E-state index >= 15 is 0 Å². The van der Waals surface area contributed by atoms with Crippen molar-refractivity contribution in [3.05, 3.63) is 35.5 Å². The summed E-state index contributed by atoms with van der Waals surface area (Å²) in [7, 11) is 0. The molecule has 4 aliphatic carbocycles. The molecule has 4 rings (SSSR count). The maximum Gasteiger partial charge on any atom is 0.00875 e. The first-order valence-corrected chi connectivity index (χ1v) is 6.41. The van der Waals surface area contributed by atoms with Gasteiger partial charge in [-0.2, -0.15) is 0 Å². The van der Waals surface area contributed by atoms with Crippen LogP contribution in [0.15, 0.2) is 35.5 Å². The molecule has 0 unspecified atom stereocenters. The fourth-order valence-electron chi connectivity index (χ4n) is 4.78. The van der Waals surface area contributed by atoms with Gasteiger partial charge < -0.3 is 0 Å². The molecule has 0 radical (unpaired) electrons. The molecule has 0 aromatic rings. The molecule has 0 heterocycles. The van der Waals surface area contributed by atoms with Gasteiger partial charge in [-0.15, -0.1) is 0 Å². The van der Waals surface area contributed by atoms with Gasteiger partial charge in [-0.25, -0.2) is 0 Å². The third-order valence-corrected chi connectivity index (χ3v) is 5.23. The van der Waals surface area contributed by atoms with E-state index in [9.17, 15) is 0 Å². The number of hydrogen-bond acceptors (Lipinski definition) is 0. The highest BCUT2D eigenvalue weighted by atomic mass is 14.6.